The van der Waals surface area contributed by atoms with Crippen LogP contribution < -0.4 is 0 Å². The van der Waals surface area contributed by atoms with Crippen molar-refractivity contribution in [2.24, 2.45) is 0 Å². The summed E-state index contributed by atoms with van der Waals surface area (Å²) in [5.41, 5.74) is 3.41. The first-order chi connectivity index (χ1) is 6.16. The molecule has 0 unspecified atom stereocenters. The molecule has 66 valence electrons. The Bertz CT molecular complexity index is 463. The van der Waals surface area contributed by atoms with Gasteiger partial charge in [0.2, 0.25) is 0 Å². The molecule has 0 aliphatic heterocycles. The van der Waals surface area contributed by atoms with E-state index in [4.69, 9.17) is 0 Å². The van der Waals surface area contributed by atoms with Gasteiger partial charge in [-0.1, -0.05) is 15.9 Å². The molecule has 1 aromatic heterocycles. The van der Waals surface area contributed by atoms with Gasteiger partial charge in [-0.05, 0) is 43.7 Å². The van der Waals surface area contributed by atoms with E-state index in [2.05, 4.69) is 40.0 Å². The summed E-state index contributed by atoms with van der Waals surface area (Å²) in [5.74, 6) is 0. The highest BCUT2D eigenvalue weighted by Crippen LogP contribution is 2.20. The molecule has 13 heavy (non-hydrogen) atoms. The van der Waals surface area contributed by atoms with Gasteiger partial charge in [0.25, 0.3) is 0 Å². The van der Waals surface area contributed by atoms with Crippen LogP contribution in [-0.4, -0.2) is 4.98 Å². The van der Waals surface area contributed by atoms with Crippen LogP contribution in [0.5, 0.6) is 0 Å². The minimum Gasteiger partial charge on any atom is -0.253 e. The number of rotatable bonds is 0. The summed E-state index contributed by atoms with van der Waals surface area (Å²) in [4.78, 5) is 4.50. The van der Waals surface area contributed by atoms with E-state index in [0.717, 1.165) is 15.7 Å². The highest BCUT2D eigenvalue weighted by atomic mass is 79.9. The topological polar surface area (TPSA) is 12.9 Å². The van der Waals surface area contributed by atoms with Crippen LogP contribution in [0.3, 0.4) is 0 Å². The number of benzene rings is 1. The number of aryl methyl sites for hydroxylation is 2. The van der Waals surface area contributed by atoms with Gasteiger partial charge in [-0.25, -0.2) is 0 Å². The predicted molar refractivity (Wildman–Crippen MR) is 58.9 cm³/mol. The fourth-order valence-electron chi connectivity index (χ4n) is 1.35. The smallest absolute Gasteiger partial charge is 0.0706 e. The van der Waals surface area contributed by atoms with Crippen molar-refractivity contribution in [1.82, 2.24) is 4.98 Å². The monoisotopic (exact) mass is 235 g/mol. The molecule has 0 atom stereocenters. The van der Waals surface area contributed by atoms with Crippen LogP contribution in [0, 0.1) is 13.8 Å². The van der Waals surface area contributed by atoms with Crippen molar-refractivity contribution in [2.75, 3.05) is 0 Å². The lowest BCUT2D eigenvalue weighted by Gasteiger charge is -2.02. The van der Waals surface area contributed by atoms with E-state index in [1.54, 1.807) is 0 Å². The Hall–Kier alpha value is -0.890. The molecular formula is C11H10BrN. The van der Waals surface area contributed by atoms with Crippen LogP contribution in [0.2, 0.25) is 0 Å². The molecule has 2 heteroatoms. The number of hydrogen-bond acceptors (Lipinski definition) is 1. The van der Waals surface area contributed by atoms with Crippen LogP contribution in [0.25, 0.3) is 10.9 Å². The van der Waals surface area contributed by atoms with E-state index < -0.39 is 0 Å². The summed E-state index contributed by atoms with van der Waals surface area (Å²) in [6, 6.07) is 8.31. The molecule has 0 aliphatic carbocycles. The molecule has 0 saturated carbocycles. The maximum absolute atomic E-state index is 4.50. The van der Waals surface area contributed by atoms with Crippen LogP contribution in [0.4, 0.5) is 0 Å². The number of hydrogen-bond donors (Lipinski definition) is 0. The summed E-state index contributed by atoms with van der Waals surface area (Å²) in [6.45, 7) is 4.12. The fourth-order valence-corrected chi connectivity index (χ4v) is 1.73. The quantitative estimate of drug-likeness (QED) is 0.680. The Balaban J connectivity index is 2.81. The van der Waals surface area contributed by atoms with Gasteiger partial charge < -0.3 is 0 Å². The number of fused-ring (bicyclic) bond motifs is 1. The zero-order chi connectivity index (χ0) is 9.42. The van der Waals surface area contributed by atoms with E-state index in [-0.39, 0.29) is 0 Å². The first kappa shape index (κ1) is 8.70. The molecule has 1 nitrogen and oxygen atoms in total. The van der Waals surface area contributed by atoms with Crippen LogP contribution >= 0.6 is 15.9 Å². The van der Waals surface area contributed by atoms with Gasteiger partial charge in [-0.15, -0.1) is 0 Å². The van der Waals surface area contributed by atoms with Crippen molar-refractivity contribution in [1.29, 1.82) is 0 Å². The fraction of sp³-hybridized carbons (Fsp3) is 0.182. The number of pyridine rings is 1. The summed E-state index contributed by atoms with van der Waals surface area (Å²) < 4.78 is 1.10. The minimum atomic E-state index is 1.06. The maximum atomic E-state index is 4.50. The van der Waals surface area contributed by atoms with Gasteiger partial charge in [-0.3, -0.25) is 4.98 Å². The summed E-state index contributed by atoms with van der Waals surface area (Å²) in [6.07, 6.45) is 0. The first-order valence-corrected chi connectivity index (χ1v) is 4.99. The summed E-state index contributed by atoms with van der Waals surface area (Å²) in [7, 11) is 0. The van der Waals surface area contributed by atoms with E-state index >= 15 is 0 Å². The Morgan fingerprint density at radius 2 is 1.92 bits per heavy atom. The third kappa shape index (κ3) is 1.59. The normalized spacial score (nSPS) is 10.7. The number of halogens is 1. The molecule has 2 aromatic rings. The van der Waals surface area contributed by atoms with Gasteiger partial charge >= 0.3 is 0 Å². The Morgan fingerprint density at radius 1 is 1.15 bits per heavy atom. The highest BCUT2D eigenvalue weighted by molar-refractivity contribution is 9.10. The largest absolute Gasteiger partial charge is 0.253 e. The molecule has 1 aromatic carbocycles. The zero-order valence-corrected chi connectivity index (χ0v) is 9.22. The summed E-state index contributed by atoms with van der Waals surface area (Å²) >= 11 is 3.45. The Kier molecular flexibility index (Phi) is 2.08. The van der Waals surface area contributed by atoms with Gasteiger partial charge in [-0.2, -0.15) is 0 Å². The minimum absolute atomic E-state index is 1.06. The lowest BCUT2D eigenvalue weighted by molar-refractivity contribution is 1.20. The second-order valence-electron chi connectivity index (χ2n) is 3.23. The average molecular weight is 236 g/mol. The Morgan fingerprint density at radius 3 is 2.69 bits per heavy atom. The van der Waals surface area contributed by atoms with E-state index in [1.165, 1.54) is 10.9 Å². The lowest BCUT2D eigenvalue weighted by Crippen LogP contribution is -1.87. The predicted octanol–water partition coefficient (Wildman–Crippen LogP) is 3.61. The zero-order valence-electron chi connectivity index (χ0n) is 7.63. The number of aromatic nitrogens is 1. The molecule has 0 fully saturated rings. The molecular weight excluding hydrogens is 226 g/mol. The molecule has 0 spiro atoms. The van der Waals surface area contributed by atoms with Crippen molar-refractivity contribution < 1.29 is 0 Å². The van der Waals surface area contributed by atoms with Crippen molar-refractivity contribution >= 4 is 26.8 Å². The van der Waals surface area contributed by atoms with Gasteiger partial charge in [0.15, 0.2) is 0 Å². The van der Waals surface area contributed by atoms with E-state index in [0.29, 0.717) is 0 Å². The second-order valence-corrected chi connectivity index (χ2v) is 4.14. The Labute approximate surface area is 85.9 Å². The van der Waals surface area contributed by atoms with Crippen molar-refractivity contribution in [2.45, 2.75) is 13.8 Å². The van der Waals surface area contributed by atoms with E-state index in [1.807, 2.05) is 19.1 Å². The van der Waals surface area contributed by atoms with Crippen molar-refractivity contribution in [3.8, 4) is 0 Å². The van der Waals surface area contributed by atoms with Crippen molar-refractivity contribution in [3.05, 3.63) is 40.0 Å². The van der Waals surface area contributed by atoms with Crippen LogP contribution in [0.15, 0.2) is 28.7 Å². The molecule has 0 bridgehead atoms. The maximum Gasteiger partial charge on any atom is 0.0706 e. The number of nitrogens with zero attached hydrogens (tertiary/aromatic N) is 1. The third-order valence-electron chi connectivity index (χ3n) is 2.22. The van der Waals surface area contributed by atoms with Gasteiger partial charge in [0, 0.05) is 15.6 Å². The molecule has 0 saturated heterocycles. The molecule has 2 rings (SSSR count). The first-order valence-electron chi connectivity index (χ1n) is 4.20. The highest BCUT2D eigenvalue weighted by Gasteiger charge is 1.99. The molecule has 0 aliphatic rings. The molecule has 0 radical (unpaired) electrons. The molecule has 0 amide bonds. The third-order valence-corrected chi connectivity index (χ3v) is 2.71. The van der Waals surface area contributed by atoms with Crippen LogP contribution in [0.1, 0.15) is 11.3 Å². The van der Waals surface area contributed by atoms with E-state index in [9.17, 15) is 0 Å². The molecule has 1 heterocycles. The standard InChI is InChI=1S/C11H10BrN/c1-7-5-9-6-10(12)3-4-11(9)13-8(7)2/h3-6H,1-2H3. The summed E-state index contributed by atoms with van der Waals surface area (Å²) in [5, 5.41) is 1.19. The van der Waals surface area contributed by atoms with Crippen LogP contribution in [-0.2, 0) is 0 Å². The molecule has 0 N–H and O–H groups in total. The second kappa shape index (κ2) is 3.11. The van der Waals surface area contributed by atoms with Crippen molar-refractivity contribution in [3.63, 3.8) is 0 Å². The SMILES string of the molecule is Cc1cc2cc(Br)ccc2nc1C. The average Bonchev–Trinajstić information content (AvgIpc) is 2.08. The lowest BCUT2D eigenvalue weighted by atomic mass is 10.1. The van der Waals surface area contributed by atoms with Gasteiger partial charge in [0.1, 0.15) is 0 Å². The van der Waals surface area contributed by atoms with Gasteiger partial charge in [0.05, 0.1) is 5.52 Å².